The van der Waals surface area contributed by atoms with Gasteiger partial charge < -0.3 is 14.8 Å². The van der Waals surface area contributed by atoms with Crippen LogP contribution in [0.15, 0.2) is 5.16 Å². The monoisotopic (exact) mass is 381 g/mol. The van der Waals surface area contributed by atoms with Crippen molar-refractivity contribution in [3.05, 3.63) is 17.0 Å². The molecule has 10 heteroatoms. The van der Waals surface area contributed by atoms with Crippen molar-refractivity contribution >= 4 is 29.4 Å². The van der Waals surface area contributed by atoms with E-state index in [0.717, 1.165) is 5.69 Å². The van der Waals surface area contributed by atoms with Crippen LogP contribution in [0.5, 0.6) is 0 Å². The van der Waals surface area contributed by atoms with Crippen molar-refractivity contribution in [2.45, 2.75) is 38.4 Å². The Morgan fingerprint density at radius 1 is 1.31 bits per heavy atom. The first-order valence-electron chi connectivity index (χ1n) is 8.06. The van der Waals surface area contributed by atoms with E-state index in [-0.39, 0.29) is 25.0 Å². The Bertz CT molecular complexity index is 808. The summed E-state index contributed by atoms with van der Waals surface area (Å²) in [4.78, 5) is 32.6. The predicted molar refractivity (Wildman–Crippen MR) is 96.2 cm³/mol. The number of amides is 1. The van der Waals surface area contributed by atoms with E-state index in [1.165, 1.54) is 11.8 Å². The molecule has 1 unspecified atom stereocenters. The van der Waals surface area contributed by atoms with E-state index in [0.29, 0.717) is 28.8 Å². The smallest absolute Gasteiger partial charge is 0.310 e. The molecule has 0 aliphatic heterocycles. The minimum Gasteiger partial charge on any atom is -0.455 e. The van der Waals surface area contributed by atoms with E-state index in [4.69, 9.17) is 9.47 Å². The van der Waals surface area contributed by atoms with Crippen molar-refractivity contribution < 1.29 is 19.1 Å². The van der Waals surface area contributed by atoms with E-state index >= 15 is 0 Å². The number of hydrogen-bond acceptors (Lipinski definition) is 8. The molecule has 0 fully saturated rings. The van der Waals surface area contributed by atoms with Crippen LogP contribution in [0.4, 0.5) is 0 Å². The molecule has 142 valence electrons. The number of esters is 1. The average molecular weight is 381 g/mol. The van der Waals surface area contributed by atoms with E-state index < -0.39 is 5.97 Å². The van der Waals surface area contributed by atoms with Gasteiger partial charge in [-0.1, -0.05) is 11.8 Å². The SMILES string of the molecule is COCC(C)NC(=O)COC(=O)Cc1c(C)nc2nc(SC)nn2c1C. The molecule has 0 aliphatic carbocycles. The number of rotatable bonds is 8. The number of thioether (sulfide) groups is 1. The number of carbonyl (C=O) groups is 2. The molecule has 2 aromatic heterocycles. The maximum absolute atomic E-state index is 12.1. The maximum Gasteiger partial charge on any atom is 0.310 e. The van der Waals surface area contributed by atoms with Gasteiger partial charge in [0, 0.05) is 30.1 Å². The van der Waals surface area contributed by atoms with Crippen LogP contribution in [0.2, 0.25) is 0 Å². The quantitative estimate of drug-likeness (QED) is 0.526. The fraction of sp³-hybridized carbons (Fsp3) is 0.562. The van der Waals surface area contributed by atoms with Crippen LogP contribution >= 0.6 is 11.8 Å². The fourth-order valence-corrected chi connectivity index (χ4v) is 2.82. The molecule has 2 aromatic rings. The van der Waals surface area contributed by atoms with Crippen molar-refractivity contribution in [2.24, 2.45) is 0 Å². The summed E-state index contributed by atoms with van der Waals surface area (Å²) in [7, 11) is 1.55. The molecular weight excluding hydrogens is 358 g/mol. The third-order valence-corrected chi connectivity index (χ3v) is 4.26. The summed E-state index contributed by atoms with van der Waals surface area (Å²) in [6, 6.07) is -0.153. The number of methoxy groups -OCH3 is 1. The molecular formula is C16H23N5O4S. The van der Waals surface area contributed by atoms with Gasteiger partial charge in [-0.3, -0.25) is 9.59 Å². The summed E-state index contributed by atoms with van der Waals surface area (Å²) in [6.07, 6.45) is 1.89. The molecule has 9 nitrogen and oxygen atoms in total. The second kappa shape index (κ2) is 8.95. The number of fused-ring (bicyclic) bond motifs is 1. The number of nitrogens with one attached hydrogen (secondary N) is 1. The fourth-order valence-electron chi connectivity index (χ4n) is 2.48. The summed E-state index contributed by atoms with van der Waals surface area (Å²) < 4.78 is 11.6. The molecule has 1 atom stereocenters. The number of aryl methyl sites for hydroxylation is 2. The zero-order chi connectivity index (χ0) is 19.3. The molecule has 1 N–H and O–H groups in total. The van der Waals surface area contributed by atoms with Gasteiger partial charge in [-0.2, -0.15) is 4.98 Å². The Morgan fingerprint density at radius 3 is 2.69 bits per heavy atom. The van der Waals surface area contributed by atoms with E-state index in [9.17, 15) is 9.59 Å². The Labute approximate surface area is 155 Å². The van der Waals surface area contributed by atoms with Crippen LogP contribution in [0, 0.1) is 13.8 Å². The Morgan fingerprint density at radius 2 is 2.04 bits per heavy atom. The minimum atomic E-state index is -0.503. The minimum absolute atomic E-state index is 0.00989. The highest BCUT2D eigenvalue weighted by Gasteiger charge is 2.17. The summed E-state index contributed by atoms with van der Waals surface area (Å²) in [5, 5.41) is 7.63. The largest absolute Gasteiger partial charge is 0.455 e. The summed E-state index contributed by atoms with van der Waals surface area (Å²) in [5.41, 5.74) is 2.17. The van der Waals surface area contributed by atoms with Crippen molar-refractivity contribution in [3.8, 4) is 0 Å². The first kappa shape index (κ1) is 20.1. The Balaban J connectivity index is 2.01. The number of nitrogens with zero attached hydrogens (tertiary/aromatic N) is 4. The molecule has 0 saturated carbocycles. The normalized spacial score (nSPS) is 12.2. The van der Waals surface area contributed by atoms with Gasteiger partial charge >= 0.3 is 5.97 Å². The van der Waals surface area contributed by atoms with Crippen LogP contribution in [0.1, 0.15) is 23.9 Å². The van der Waals surface area contributed by atoms with E-state index in [1.54, 1.807) is 18.5 Å². The highest BCUT2D eigenvalue weighted by atomic mass is 32.2. The van der Waals surface area contributed by atoms with Crippen molar-refractivity contribution in [3.63, 3.8) is 0 Å². The highest BCUT2D eigenvalue weighted by molar-refractivity contribution is 7.98. The predicted octanol–water partition coefficient (Wildman–Crippen LogP) is 0.700. The summed E-state index contributed by atoms with van der Waals surface area (Å²) in [6.45, 7) is 5.52. The Hall–Kier alpha value is -2.20. The molecule has 0 bridgehead atoms. The van der Waals surface area contributed by atoms with E-state index in [1.807, 2.05) is 20.1 Å². The second-order valence-corrected chi connectivity index (χ2v) is 6.61. The average Bonchev–Trinajstić information content (AvgIpc) is 3.00. The zero-order valence-corrected chi connectivity index (χ0v) is 16.3. The number of ether oxygens (including phenoxy) is 2. The van der Waals surface area contributed by atoms with Gasteiger partial charge in [0.1, 0.15) is 0 Å². The molecule has 0 aromatic carbocycles. The number of hydrogen-bond donors (Lipinski definition) is 1. The van der Waals surface area contributed by atoms with Crippen LogP contribution in [0.3, 0.4) is 0 Å². The second-order valence-electron chi connectivity index (χ2n) is 5.83. The highest BCUT2D eigenvalue weighted by Crippen LogP contribution is 2.17. The number of carbonyl (C=O) groups excluding carboxylic acids is 2. The molecule has 2 heterocycles. The lowest BCUT2D eigenvalue weighted by molar-refractivity contribution is -0.148. The first-order valence-corrected chi connectivity index (χ1v) is 9.29. The lowest BCUT2D eigenvalue weighted by atomic mass is 10.1. The van der Waals surface area contributed by atoms with Gasteiger partial charge in [-0.05, 0) is 27.0 Å². The third-order valence-electron chi connectivity index (χ3n) is 3.72. The Kier molecular flexibility index (Phi) is 6.92. The zero-order valence-electron chi connectivity index (χ0n) is 15.5. The summed E-state index contributed by atoms with van der Waals surface area (Å²) in [5.74, 6) is -0.379. The number of aromatic nitrogens is 4. The van der Waals surface area contributed by atoms with Gasteiger partial charge in [-0.25, -0.2) is 9.50 Å². The molecule has 0 aliphatic rings. The first-order chi connectivity index (χ1) is 12.3. The van der Waals surface area contributed by atoms with Gasteiger partial charge in [0.15, 0.2) is 6.61 Å². The third kappa shape index (κ3) is 4.92. The maximum atomic E-state index is 12.1. The van der Waals surface area contributed by atoms with Gasteiger partial charge in [0.2, 0.25) is 5.16 Å². The molecule has 2 rings (SSSR count). The van der Waals surface area contributed by atoms with Gasteiger partial charge in [-0.15, -0.1) is 5.10 Å². The van der Waals surface area contributed by atoms with Crippen LogP contribution < -0.4 is 5.32 Å². The van der Waals surface area contributed by atoms with Gasteiger partial charge in [0.05, 0.1) is 13.0 Å². The molecule has 1 amide bonds. The van der Waals surface area contributed by atoms with E-state index in [2.05, 4.69) is 20.4 Å². The summed E-state index contributed by atoms with van der Waals surface area (Å²) >= 11 is 1.42. The lowest BCUT2D eigenvalue weighted by Crippen LogP contribution is -2.38. The van der Waals surface area contributed by atoms with Crippen LogP contribution in [-0.2, 0) is 25.5 Å². The van der Waals surface area contributed by atoms with Crippen molar-refractivity contribution in [2.75, 3.05) is 26.6 Å². The van der Waals surface area contributed by atoms with Crippen molar-refractivity contribution in [1.29, 1.82) is 0 Å². The standard InChI is InChI=1S/C16H23N5O4S/c1-9(7-24-4)17-13(22)8-25-14(23)6-12-10(2)18-15-19-16(26-5)20-21(15)11(12)3/h9H,6-8H2,1-5H3,(H,17,22). The topological polar surface area (TPSA) is 108 Å². The molecule has 26 heavy (non-hydrogen) atoms. The lowest BCUT2D eigenvalue weighted by Gasteiger charge is -2.13. The van der Waals surface area contributed by atoms with Crippen molar-refractivity contribution in [1.82, 2.24) is 24.9 Å². The molecule has 0 saturated heterocycles. The molecule has 0 spiro atoms. The van der Waals surface area contributed by atoms with Gasteiger partial charge in [0.25, 0.3) is 11.7 Å². The van der Waals surface area contributed by atoms with Crippen LogP contribution in [0.25, 0.3) is 5.78 Å². The van der Waals surface area contributed by atoms with Crippen LogP contribution in [-0.4, -0.2) is 64.1 Å². The molecule has 0 radical (unpaired) electrons.